The second-order valence-electron chi connectivity index (χ2n) is 10.0. The summed E-state index contributed by atoms with van der Waals surface area (Å²) >= 11 is 0. The molecule has 1 aliphatic carbocycles. The number of nitrogens with zero attached hydrogens (tertiary/aromatic N) is 1. The summed E-state index contributed by atoms with van der Waals surface area (Å²) in [6, 6.07) is 10.3. The molecule has 2 aromatic rings. The fourth-order valence-corrected chi connectivity index (χ4v) is 4.01. The Morgan fingerprint density at radius 3 is 1.95 bits per heavy atom. The first kappa shape index (κ1) is 29.1. The lowest BCUT2D eigenvalue weighted by atomic mass is 9.94. The van der Waals surface area contributed by atoms with Crippen LogP contribution in [0.15, 0.2) is 48.5 Å². The van der Waals surface area contributed by atoms with E-state index in [0.29, 0.717) is 29.5 Å². The number of alkyl halides is 4. The lowest BCUT2D eigenvalue weighted by Gasteiger charge is -2.31. The molecule has 11 heteroatoms. The van der Waals surface area contributed by atoms with Gasteiger partial charge in [-0.3, -0.25) is 14.9 Å². The molecule has 1 fully saturated rings. The smallest absolute Gasteiger partial charge is 0.393 e. The molecule has 2 aromatic carbocycles. The van der Waals surface area contributed by atoms with E-state index in [1.54, 1.807) is 31.2 Å². The first-order chi connectivity index (χ1) is 17.7. The molecule has 7 nitrogen and oxygen atoms in total. The topological polar surface area (TPSA) is 128 Å². The Labute approximate surface area is 218 Å². The number of aliphatic hydroxyl groups is 1. The van der Waals surface area contributed by atoms with E-state index >= 15 is 0 Å². The highest BCUT2D eigenvalue weighted by Gasteiger charge is 2.48. The first-order valence-corrected chi connectivity index (χ1v) is 12.1. The van der Waals surface area contributed by atoms with Crippen molar-refractivity contribution in [2.45, 2.75) is 68.5 Å². The number of nitrogens with one attached hydrogen (secondary N) is 2. The van der Waals surface area contributed by atoms with Crippen LogP contribution in [0.2, 0.25) is 0 Å². The first-order valence-electron chi connectivity index (χ1n) is 12.1. The van der Waals surface area contributed by atoms with Crippen molar-refractivity contribution in [3.8, 4) is 17.2 Å². The Morgan fingerprint density at radius 1 is 1.05 bits per heavy atom. The zero-order valence-electron chi connectivity index (χ0n) is 21.0. The third-order valence-electron chi connectivity index (χ3n) is 6.71. The van der Waals surface area contributed by atoms with E-state index in [9.17, 15) is 37.5 Å². The van der Waals surface area contributed by atoms with Crippen molar-refractivity contribution in [1.82, 2.24) is 10.6 Å². The Morgan fingerprint density at radius 2 is 1.55 bits per heavy atom. The van der Waals surface area contributed by atoms with E-state index in [1.165, 1.54) is 24.3 Å². The molecule has 5 N–H and O–H groups in total. The van der Waals surface area contributed by atoms with Crippen LogP contribution in [0.1, 0.15) is 56.2 Å². The lowest BCUT2D eigenvalue weighted by molar-refractivity contribution is -0.162. The van der Waals surface area contributed by atoms with Gasteiger partial charge in [0.05, 0.1) is 24.6 Å². The number of halogens is 4. The third-order valence-corrected chi connectivity index (χ3v) is 6.71. The summed E-state index contributed by atoms with van der Waals surface area (Å²) in [5, 5.41) is 23.2. The maximum Gasteiger partial charge on any atom is 0.407 e. The molecule has 38 heavy (non-hydrogen) atoms. The number of rotatable bonds is 11. The Hall–Kier alpha value is -3.49. The maximum atomic E-state index is 14.6. The molecular weight excluding hydrogens is 504 g/mol. The molecule has 0 saturated heterocycles. The van der Waals surface area contributed by atoms with Crippen LogP contribution in [-0.2, 0) is 9.59 Å². The van der Waals surface area contributed by atoms with Crippen LogP contribution in [-0.4, -0.2) is 47.0 Å². The lowest BCUT2D eigenvalue weighted by Crippen LogP contribution is -2.54. The number of benzene rings is 2. The summed E-state index contributed by atoms with van der Waals surface area (Å²) < 4.78 is 57.1. The molecule has 204 valence electrons. The zero-order chi connectivity index (χ0) is 28.3. The number of nitriles is 1. The molecule has 2 amide bonds. The normalized spacial score (nSPS) is 18.4. The van der Waals surface area contributed by atoms with E-state index in [4.69, 9.17) is 5.73 Å². The van der Waals surface area contributed by atoms with Gasteiger partial charge in [-0.1, -0.05) is 48.5 Å². The van der Waals surface area contributed by atoms with Gasteiger partial charge in [-0.15, -0.1) is 0 Å². The number of nitrogens with two attached hydrogens (primary N) is 1. The average molecular weight is 535 g/mol. The van der Waals surface area contributed by atoms with Crippen LogP contribution in [0.4, 0.5) is 17.6 Å². The van der Waals surface area contributed by atoms with Gasteiger partial charge in [-0.25, -0.2) is 4.39 Å². The largest absolute Gasteiger partial charge is 0.407 e. The minimum atomic E-state index is -4.84. The van der Waals surface area contributed by atoms with Crippen molar-refractivity contribution in [1.29, 1.82) is 5.26 Å². The zero-order valence-corrected chi connectivity index (χ0v) is 21.0. The van der Waals surface area contributed by atoms with Crippen LogP contribution in [0.25, 0.3) is 11.1 Å². The predicted octanol–water partition coefficient (Wildman–Crippen LogP) is 3.79. The van der Waals surface area contributed by atoms with Gasteiger partial charge in [0, 0.05) is 6.42 Å². The summed E-state index contributed by atoms with van der Waals surface area (Å²) in [6.07, 6.45) is -4.88. The Bertz CT molecular complexity index is 1190. The summed E-state index contributed by atoms with van der Waals surface area (Å²) in [6.45, 7) is 1.66. The summed E-state index contributed by atoms with van der Waals surface area (Å²) in [4.78, 5) is 24.2. The SMILES string of the molecule is C[C@H](C(N)=O)c1ccc(-c2ccc([C@H](N[C@@H](CC(C)(F)CO)C(=O)NC3(C#N)CC3)C(F)(F)F)cc2)cc1. The molecule has 0 bridgehead atoms. The van der Waals surface area contributed by atoms with Crippen molar-refractivity contribution < 1.29 is 32.3 Å². The van der Waals surface area contributed by atoms with Crippen molar-refractivity contribution in [2.24, 2.45) is 5.73 Å². The summed E-state index contributed by atoms with van der Waals surface area (Å²) in [5.74, 6) is -1.92. The van der Waals surface area contributed by atoms with Crippen molar-refractivity contribution in [3.05, 3.63) is 59.7 Å². The molecular formula is C27H30F4N4O3. The number of aliphatic hydroxyl groups excluding tert-OH is 1. The fourth-order valence-electron chi connectivity index (χ4n) is 4.01. The number of hydrogen-bond acceptors (Lipinski definition) is 5. The third kappa shape index (κ3) is 7.08. The Balaban J connectivity index is 1.85. The van der Waals surface area contributed by atoms with E-state index in [2.05, 4.69) is 10.6 Å². The number of carbonyl (C=O) groups is 2. The highest BCUT2D eigenvalue weighted by molar-refractivity contribution is 5.83. The van der Waals surface area contributed by atoms with Crippen LogP contribution in [0.3, 0.4) is 0 Å². The van der Waals surface area contributed by atoms with Crippen LogP contribution in [0, 0.1) is 11.3 Å². The highest BCUT2D eigenvalue weighted by atomic mass is 19.4. The number of amides is 2. The van der Waals surface area contributed by atoms with Crippen molar-refractivity contribution in [2.75, 3.05) is 6.61 Å². The van der Waals surface area contributed by atoms with Crippen LogP contribution < -0.4 is 16.4 Å². The van der Waals surface area contributed by atoms with Crippen molar-refractivity contribution in [3.63, 3.8) is 0 Å². The van der Waals surface area contributed by atoms with Gasteiger partial charge in [0.2, 0.25) is 11.8 Å². The number of hydrogen-bond donors (Lipinski definition) is 4. The fraction of sp³-hybridized carbons (Fsp3) is 0.444. The van der Waals surface area contributed by atoms with Crippen LogP contribution in [0.5, 0.6) is 0 Å². The van der Waals surface area contributed by atoms with Gasteiger partial charge in [-0.05, 0) is 48.9 Å². The van der Waals surface area contributed by atoms with E-state index in [0.717, 1.165) is 6.92 Å². The molecule has 3 rings (SSSR count). The standard InChI is InChI=1S/C27H30F4N4O3/c1-16(23(33)37)17-3-5-18(6-4-17)19-7-9-20(10-8-19)22(27(29,30)31)34-21(13-25(2,28)15-36)24(38)35-26(14-32)11-12-26/h3-10,16,21-22,34,36H,11-13,15H2,1-2H3,(H2,33,37)(H,35,38)/t16-,21-,22-,25?/m0/s1. The highest BCUT2D eigenvalue weighted by Crippen LogP contribution is 2.37. The second kappa shape index (κ2) is 11.1. The quantitative estimate of drug-likeness (QED) is 0.326. The van der Waals surface area contributed by atoms with Gasteiger partial charge in [0.1, 0.15) is 17.2 Å². The number of carbonyl (C=O) groups excluding carboxylic acids is 2. The minimum Gasteiger partial charge on any atom is -0.393 e. The maximum absolute atomic E-state index is 14.6. The Kier molecular flexibility index (Phi) is 8.48. The van der Waals surface area contributed by atoms with Crippen molar-refractivity contribution >= 4 is 11.8 Å². The molecule has 0 aliphatic heterocycles. The number of primary amides is 1. The minimum absolute atomic E-state index is 0.205. The second-order valence-corrected chi connectivity index (χ2v) is 10.0. The molecule has 0 spiro atoms. The van der Waals surface area contributed by atoms with Gasteiger partial charge in [-0.2, -0.15) is 18.4 Å². The molecule has 4 atom stereocenters. The van der Waals surface area contributed by atoms with Gasteiger partial charge < -0.3 is 16.2 Å². The molecule has 1 unspecified atom stereocenters. The van der Waals surface area contributed by atoms with Gasteiger partial charge in [0.25, 0.3) is 0 Å². The molecule has 1 aliphatic rings. The van der Waals surface area contributed by atoms with Gasteiger partial charge in [0.15, 0.2) is 0 Å². The van der Waals surface area contributed by atoms with E-state index < -0.39 is 60.2 Å². The monoisotopic (exact) mass is 534 g/mol. The van der Waals surface area contributed by atoms with E-state index in [1.807, 2.05) is 6.07 Å². The predicted molar refractivity (Wildman–Crippen MR) is 132 cm³/mol. The molecule has 0 heterocycles. The molecule has 1 saturated carbocycles. The molecule has 0 radical (unpaired) electrons. The average Bonchev–Trinajstić information content (AvgIpc) is 3.65. The van der Waals surface area contributed by atoms with E-state index in [-0.39, 0.29) is 5.56 Å². The van der Waals surface area contributed by atoms with Crippen LogP contribution >= 0.6 is 0 Å². The molecule has 0 aromatic heterocycles. The summed E-state index contributed by atoms with van der Waals surface area (Å²) in [5.41, 5.74) is 3.64. The van der Waals surface area contributed by atoms with Gasteiger partial charge >= 0.3 is 6.18 Å². The summed E-state index contributed by atoms with van der Waals surface area (Å²) in [7, 11) is 0.